The van der Waals surface area contributed by atoms with Crippen molar-refractivity contribution in [2.45, 2.75) is 6.54 Å². The molecule has 3 rings (SSSR count). The maximum atomic E-state index is 13.6. The SMILES string of the molecule is Fc1cccc(CNc2ccc(Cl)c3ncccc23)c1F. The van der Waals surface area contributed by atoms with Crippen LogP contribution in [0.5, 0.6) is 0 Å². The molecule has 0 saturated heterocycles. The first-order valence-corrected chi connectivity index (χ1v) is 6.74. The molecule has 0 fully saturated rings. The standard InChI is InChI=1S/C16H11ClF2N2/c17-12-6-7-14(11-4-2-8-20-16(11)12)21-9-10-3-1-5-13(18)15(10)19/h1-8,21H,9H2. The van der Waals surface area contributed by atoms with Gasteiger partial charge in [0, 0.05) is 29.4 Å². The lowest BCUT2D eigenvalue weighted by atomic mass is 10.1. The molecule has 0 aliphatic carbocycles. The maximum Gasteiger partial charge on any atom is 0.163 e. The highest BCUT2D eigenvalue weighted by Crippen LogP contribution is 2.28. The number of nitrogens with one attached hydrogen (secondary N) is 1. The lowest BCUT2D eigenvalue weighted by molar-refractivity contribution is 0.500. The summed E-state index contributed by atoms with van der Waals surface area (Å²) in [6.07, 6.45) is 1.66. The Labute approximate surface area is 125 Å². The number of benzene rings is 2. The van der Waals surface area contributed by atoms with E-state index in [1.807, 2.05) is 6.07 Å². The Kier molecular flexibility index (Phi) is 3.71. The molecule has 106 valence electrons. The Hall–Kier alpha value is -2.20. The molecule has 5 heteroatoms. The van der Waals surface area contributed by atoms with Gasteiger partial charge in [-0.15, -0.1) is 0 Å². The average molecular weight is 305 g/mol. The second kappa shape index (κ2) is 5.66. The fraction of sp³-hybridized carbons (Fsp3) is 0.0625. The molecule has 3 aromatic rings. The van der Waals surface area contributed by atoms with E-state index in [0.29, 0.717) is 10.5 Å². The van der Waals surface area contributed by atoms with Crippen molar-refractivity contribution in [1.82, 2.24) is 4.98 Å². The van der Waals surface area contributed by atoms with E-state index in [4.69, 9.17) is 11.6 Å². The molecule has 21 heavy (non-hydrogen) atoms. The van der Waals surface area contributed by atoms with Crippen LogP contribution in [-0.2, 0) is 6.54 Å². The van der Waals surface area contributed by atoms with E-state index >= 15 is 0 Å². The van der Waals surface area contributed by atoms with Gasteiger partial charge in [0.15, 0.2) is 11.6 Å². The van der Waals surface area contributed by atoms with Crippen LogP contribution in [0, 0.1) is 11.6 Å². The fourth-order valence-electron chi connectivity index (χ4n) is 2.17. The lowest BCUT2D eigenvalue weighted by Crippen LogP contribution is -2.03. The minimum absolute atomic E-state index is 0.176. The third kappa shape index (κ3) is 2.67. The summed E-state index contributed by atoms with van der Waals surface area (Å²) in [5.41, 5.74) is 1.71. The number of aromatic nitrogens is 1. The zero-order valence-corrected chi connectivity index (χ0v) is 11.7. The summed E-state index contributed by atoms with van der Waals surface area (Å²) in [4.78, 5) is 4.22. The Morgan fingerprint density at radius 2 is 1.90 bits per heavy atom. The summed E-state index contributed by atoms with van der Waals surface area (Å²) in [5.74, 6) is -1.68. The molecule has 0 saturated carbocycles. The van der Waals surface area contributed by atoms with Crippen molar-refractivity contribution in [3.8, 4) is 0 Å². The van der Waals surface area contributed by atoms with Gasteiger partial charge in [0.1, 0.15) is 0 Å². The van der Waals surface area contributed by atoms with Gasteiger partial charge < -0.3 is 5.32 Å². The van der Waals surface area contributed by atoms with Gasteiger partial charge in [-0.3, -0.25) is 4.98 Å². The predicted octanol–water partition coefficient (Wildman–Crippen LogP) is 4.78. The van der Waals surface area contributed by atoms with E-state index in [-0.39, 0.29) is 12.1 Å². The summed E-state index contributed by atoms with van der Waals surface area (Å²) in [6, 6.07) is 11.3. The molecule has 0 aliphatic rings. The molecular formula is C16H11ClF2N2. The van der Waals surface area contributed by atoms with Gasteiger partial charge >= 0.3 is 0 Å². The summed E-state index contributed by atoms with van der Waals surface area (Å²) in [7, 11) is 0. The van der Waals surface area contributed by atoms with Crippen molar-refractivity contribution in [2.24, 2.45) is 0 Å². The van der Waals surface area contributed by atoms with E-state index in [2.05, 4.69) is 10.3 Å². The number of nitrogens with zero attached hydrogens (tertiary/aromatic N) is 1. The van der Waals surface area contributed by atoms with Gasteiger partial charge in [0.2, 0.25) is 0 Å². The zero-order valence-electron chi connectivity index (χ0n) is 10.9. The Bertz CT molecular complexity index is 805. The van der Waals surface area contributed by atoms with Crippen molar-refractivity contribution in [1.29, 1.82) is 0 Å². The molecule has 0 radical (unpaired) electrons. The Morgan fingerprint density at radius 3 is 2.76 bits per heavy atom. The molecule has 0 spiro atoms. The quantitative estimate of drug-likeness (QED) is 0.753. The fourth-order valence-corrected chi connectivity index (χ4v) is 2.38. The van der Waals surface area contributed by atoms with Crippen molar-refractivity contribution in [3.63, 3.8) is 0 Å². The van der Waals surface area contributed by atoms with E-state index in [1.54, 1.807) is 30.5 Å². The molecule has 0 aliphatic heterocycles. The molecule has 1 N–H and O–H groups in total. The second-order valence-electron chi connectivity index (χ2n) is 4.56. The first-order valence-electron chi connectivity index (χ1n) is 6.37. The van der Waals surface area contributed by atoms with Crippen LogP contribution in [0.15, 0.2) is 48.7 Å². The number of pyridine rings is 1. The molecule has 1 heterocycles. The minimum Gasteiger partial charge on any atom is -0.380 e. The van der Waals surface area contributed by atoms with Crippen LogP contribution in [0.1, 0.15) is 5.56 Å². The Balaban J connectivity index is 1.92. The molecule has 1 aromatic heterocycles. The van der Waals surface area contributed by atoms with Gasteiger partial charge in [-0.1, -0.05) is 23.7 Å². The van der Waals surface area contributed by atoms with Crippen LogP contribution in [0.4, 0.5) is 14.5 Å². The maximum absolute atomic E-state index is 13.6. The number of anilines is 1. The lowest BCUT2D eigenvalue weighted by Gasteiger charge is -2.11. The van der Waals surface area contributed by atoms with Gasteiger partial charge in [-0.25, -0.2) is 8.78 Å². The molecule has 0 amide bonds. The van der Waals surface area contributed by atoms with Crippen LogP contribution < -0.4 is 5.32 Å². The van der Waals surface area contributed by atoms with E-state index in [1.165, 1.54) is 6.07 Å². The smallest absolute Gasteiger partial charge is 0.163 e. The molecule has 2 aromatic carbocycles. The average Bonchev–Trinajstić information content (AvgIpc) is 2.51. The topological polar surface area (TPSA) is 24.9 Å². The van der Waals surface area contributed by atoms with Crippen LogP contribution in [0.25, 0.3) is 10.9 Å². The minimum atomic E-state index is -0.850. The van der Waals surface area contributed by atoms with Crippen molar-refractivity contribution >= 4 is 28.2 Å². The monoisotopic (exact) mass is 304 g/mol. The third-order valence-electron chi connectivity index (χ3n) is 3.22. The zero-order chi connectivity index (χ0) is 14.8. The van der Waals surface area contributed by atoms with Gasteiger partial charge in [0.05, 0.1) is 10.5 Å². The first-order chi connectivity index (χ1) is 10.2. The van der Waals surface area contributed by atoms with Crippen LogP contribution >= 0.6 is 11.6 Å². The molecule has 0 bridgehead atoms. The van der Waals surface area contributed by atoms with Gasteiger partial charge in [-0.2, -0.15) is 0 Å². The van der Waals surface area contributed by atoms with Crippen molar-refractivity contribution in [2.75, 3.05) is 5.32 Å². The van der Waals surface area contributed by atoms with Crippen molar-refractivity contribution in [3.05, 3.63) is 70.9 Å². The van der Waals surface area contributed by atoms with E-state index < -0.39 is 11.6 Å². The second-order valence-corrected chi connectivity index (χ2v) is 4.97. The molecular weight excluding hydrogens is 294 g/mol. The van der Waals surface area contributed by atoms with Gasteiger partial charge in [0.25, 0.3) is 0 Å². The normalized spacial score (nSPS) is 10.8. The highest BCUT2D eigenvalue weighted by atomic mass is 35.5. The largest absolute Gasteiger partial charge is 0.380 e. The highest BCUT2D eigenvalue weighted by molar-refractivity contribution is 6.35. The van der Waals surface area contributed by atoms with Crippen LogP contribution in [-0.4, -0.2) is 4.98 Å². The summed E-state index contributed by atoms with van der Waals surface area (Å²) < 4.78 is 26.8. The molecule has 0 atom stereocenters. The number of fused-ring (bicyclic) bond motifs is 1. The van der Waals surface area contributed by atoms with E-state index in [0.717, 1.165) is 17.1 Å². The highest BCUT2D eigenvalue weighted by Gasteiger charge is 2.09. The van der Waals surface area contributed by atoms with Crippen molar-refractivity contribution < 1.29 is 8.78 Å². The summed E-state index contributed by atoms with van der Waals surface area (Å²) in [5, 5.41) is 4.48. The number of rotatable bonds is 3. The van der Waals surface area contributed by atoms with Crippen LogP contribution in [0.3, 0.4) is 0 Å². The molecule has 2 nitrogen and oxygen atoms in total. The number of halogens is 3. The third-order valence-corrected chi connectivity index (χ3v) is 3.53. The number of hydrogen-bond acceptors (Lipinski definition) is 2. The first kappa shape index (κ1) is 13.8. The Morgan fingerprint density at radius 1 is 1.05 bits per heavy atom. The molecule has 0 unspecified atom stereocenters. The number of hydrogen-bond donors (Lipinski definition) is 1. The van der Waals surface area contributed by atoms with E-state index in [9.17, 15) is 8.78 Å². The van der Waals surface area contributed by atoms with Crippen LogP contribution in [0.2, 0.25) is 5.02 Å². The summed E-state index contributed by atoms with van der Waals surface area (Å²) >= 11 is 6.09. The summed E-state index contributed by atoms with van der Waals surface area (Å²) in [6.45, 7) is 0.176. The predicted molar refractivity (Wildman–Crippen MR) is 80.4 cm³/mol. The van der Waals surface area contributed by atoms with Gasteiger partial charge in [-0.05, 0) is 30.3 Å².